The first-order chi connectivity index (χ1) is 15.8. The number of carboxylic acids is 1. The molecule has 4 N–H and O–H groups in total. The third kappa shape index (κ3) is 6.16. The molecular weight excluding hydrogens is 422 g/mol. The summed E-state index contributed by atoms with van der Waals surface area (Å²) in [4.78, 5) is 28.5. The highest BCUT2D eigenvalue weighted by Gasteiger charge is 2.28. The van der Waals surface area contributed by atoms with E-state index in [0.717, 1.165) is 25.7 Å². The van der Waals surface area contributed by atoms with Crippen LogP contribution in [0.25, 0.3) is 11.1 Å². The average molecular weight is 455 g/mol. The molecule has 176 valence electrons. The molecule has 33 heavy (non-hydrogen) atoms. The molecule has 8 nitrogen and oxygen atoms in total. The highest BCUT2D eigenvalue weighted by Crippen LogP contribution is 2.30. The molecule has 1 aliphatic carbocycles. The van der Waals surface area contributed by atoms with Crippen molar-refractivity contribution in [3.8, 4) is 11.1 Å². The number of aromatic carboxylic acids is 1. The Kier molecular flexibility index (Phi) is 8.16. The number of nitrogens with one attached hydrogen (secondary N) is 1. The molecular formula is C25H32N3O5+. The highest BCUT2D eigenvalue weighted by atomic mass is 16.5. The standard InChI is InChI=1S/C25H31N3O5/c1-4-32-25(31)20-14-19(16-10-12-17(13-11-16)24(29)30)21(22(26)33-15(2)3)23(28-20)27-18-8-6-5-7-9-18/h10-15,18,26H,4-9H2,1-3H3,(H,27,28)(H,29,30)/p+1. The van der Waals surface area contributed by atoms with Gasteiger partial charge in [0.15, 0.2) is 5.69 Å². The van der Waals surface area contributed by atoms with Crippen LogP contribution in [0, 0.1) is 5.41 Å². The SMILES string of the molecule is CCOC(=O)c1cc(-c2ccc(C(=O)O)cc2)c(C(=N)OC(C)C)c([NH2+]C2CCCCC2)n1. The van der Waals surface area contributed by atoms with Gasteiger partial charge in [-0.1, -0.05) is 18.6 Å². The number of ether oxygens (including phenoxy) is 2. The minimum Gasteiger partial charge on any atom is -0.478 e. The van der Waals surface area contributed by atoms with Crippen LogP contribution < -0.4 is 5.32 Å². The van der Waals surface area contributed by atoms with Crippen molar-refractivity contribution in [2.75, 3.05) is 6.61 Å². The van der Waals surface area contributed by atoms with E-state index in [4.69, 9.17) is 14.9 Å². The predicted octanol–water partition coefficient (Wildman–Crippen LogP) is 3.90. The second-order valence-corrected chi connectivity index (χ2v) is 8.48. The van der Waals surface area contributed by atoms with Crippen LogP contribution in [-0.2, 0) is 9.47 Å². The number of rotatable bonds is 8. The number of quaternary nitrogens is 1. The Labute approximate surface area is 193 Å². The summed E-state index contributed by atoms with van der Waals surface area (Å²) in [5.74, 6) is -1.07. The molecule has 0 radical (unpaired) electrons. The van der Waals surface area contributed by atoms with E-state index in [9.17, 15) is 14.7 Å². The number of hydrogen-bond donors (Lipinski definition) is 3. The van der Waals surface area contributed by atoms with Crippen LogP contribution in [0.2, 0.25) is 0 Å². The summed E-state index contributed by atoms with van der Waals surface area (Å²) < 4.78 is 11.0. The maximum absolute atomic E-state index is 12.6. The zero-order valence-corrected chi connectivity index (χ0v) is 19.4. The number of carbonyl (C=O) groups excluding carboxylic acids is 1. The lowest BCUT2D eigenvalue weighted by Gasteiger charge is -2.22. The minimum absolute atomic E-state index is 0.0349. The summed E-state index contributed by atoms with van der Waals surface area (Å²) >= 11 is 0. The molecule has 0 bridgehead atoms. The van der Waals surface area contributed by atoms with Gasteiger partial charge in [0.2, 0.25) is 11.7 Å². The van der Waals surface area contributed by atoms with Crippen molar-refractivity contribution in [3.63, 3.8) is 0 Å². The van der Waals surface area contributed by atoms with E-state index >= 15 is 0 Å². The maximum Gasteiger partial charge on any atom is 0.357 e. The van der Waals surface area contributed by atoms with Gasteiger partial charge in [0.1, 0.15) is 5.56 Å². The first kappa shape index (κ1) is 24.4. The molecule has 8 heteroatoms. The van der Waals surface area contributed by atoms with Crippen molar-refractivity contribution in [2.45, 2.75) is 65.0 Å². The molecule has 1 aromatic heterocycles. The Morgan fingerprint density at radius 3 is 2.42 bits per heavy atom. The lowest BCUT2D eigenvalue weighted by molar-refractivity contribution is -0.617. The van der Waals surface area contributed by atoms with Gasteiger partial charge in [-0.15, -0.1) is 0 Å². The Balaban J connectivity index is 2.17. The second-order valence-electron chi connectivity index (χ2n) is 8.48. The summed E-state index contributed by atoms with van der Waals surface area (Å²) in [6.45, 7) is 5.65. The zero-order chi connectivity index (χ0) is 24.0. The number of benzene rings is 1. The number of aromatic nitrogens is 1. The van der Waals surface area contributed by atoms with Gasteiger partial charge in [-0.3, -0.25) is 10.7 Å². The molecule has 0 atom stereocenters. The van der Waals surface area contributed by atoms with Gasteiger partial charge in [0, 0.05) is 5.56 Å². The second kappa shape index (κ2) is 11.0. The molecule has 1 fully saturated rings. The number of hydrogen-bond acceptors (Lipinski definition) is 6. The van der Waals surface area contributed by atoms with Crippen molar-refractivity contribution in [2.24, 2.45) is 0 Å². The van der Waals surface area contributed by atoms with Gasteiger partial charge in [-0.05, 0) is 70.2 Å². The van der Waals surface area contributed by atoms with Crippen molar-refractivity contribution >= 4 is 23.7 Å². The molecule has 1 saturated carbocycles. The maximum atomic E-state index is 12.6. The monoisotopic (exact) mass is 454 g/mol. The van der Waals surface area contributed by atoms with Crippen LogP contribution in [0.3, 0.4) is 0 Å². The summed E-state index contributed by atoms with van der Waals surface area (Å²) in [7, 11) is 0. The van der Waals surface area contributed by atoms with Crippen LogP contribution in [0.15, 0.2) is 30.3 Å². The van der Waals surface area contributed by atoms with Crippen LogP contribution in [0.5, 0.6) is 0 Å². The smallest absolute Gasteiger partial charge is 0.357 e. The first-order valence-electron chi connectivity index (χ1n) is 11.5. The first-order valence-corrected chi connectivity index (χ1v) is 11.5. The van der Waals surface area contributed by atoms with Crippen LogP contribution in [0.1, 0.15) is 79.3 Å². The normalized spacial score (nSPS) is 14.2. The lowest BCUT2D eigenvalue weighted by atomic mass is 9.94. The van der Waals surface area contributed by atoms with Gasteiger partial charge < -0.3 is 14.6 Å². The number of nitrogens with two attached hydrogens (primary N) is 1. The Hall–Kier alpha value is -3.26. The fourth-order valence-corrected chi connectivity index (χ4v) is 4.07. The number of nitrogens with zero attached hydrogens (tertiary/aromatic N) is 1. The van der Waals surface area contributed by atoms with Crippen molar-refractivity contribution in [3.05, 3.63) is 47.2 Å². The van der Waals surface area contributed by atoms with Crippen molar-refractivity contribution < 1.29 is 29.5 Å². The molecule has 1 heterocycles. The number of carboxylic acid groups (broad SMARTS) is 1. The van der Waals surface area contributed by atoms with Gasteiger partial charge >= 0.3 is 11.9 Å². The fraction of sp³-hybridized carbons (Fsp3) is 0.440. The Bertz CT molecular complexity index is 1010. The van der Waals surface area contributed by atoms with Crippen LogP contribution in [-0.4, -0.2) is 46.7 Å². The quantitative estimate of drug-likeness (QED) is 0.315. The molecule has 0 unspecified atom stereocenters. The van der Waals surface area contributed by atoms with Crippen LogP contribution >= 0.6 is 0 Å². The zero-order valence-electron chi connectivity index (χ0n) is 19.4. The number of pyridine rings is 1. The van der Waals surface area contributed by atoms with E-state index in [2.05, 4.69) is 4.98 Å². The lowest BCUT2D eigenvalue weighted by Crippen LogP contribution is -2.85. The molecule has 3 rings (SSSR count). The summed E-state index contributed by atoms with van der Waals surface area (Å²) in [6, 6.07) is 8.25. The molecule has 0 saturated heterocycles. The fourth-order valence-electron chi connectivity index (χ4n) is 4.07. The van der Waals surface area contributed by atoms with Gasteiger partial charge in [-0.2, -0.15) is 4.98 Å². The summed E-state index contributed by atoms with van der Waals surface area (Å²) in [5.41, 5.74) is 2.04. The Morgan fingerprint density at radius 1 is 1.18 bits per heavy atom. The van der Waals surface area contributed by atoms with Crippen molar-refractivity contribution in [1.29, 1.82) is 5.41 Å². The Morgan fingerprint density at radius 2 is 1.85 bits per heavy atom. The van der Waals surface area contributed by atoms with Gasteiger partial charge in [-0.25, -0.2) is 9.59 Å². The average Bonchev–Trinajstić information content (AvgIpc) is 2.79. The van der Waals surface area contributed by atoms with Crippen LogP contribution in [0.4, 0.5) is 5.82 Å². The number of carbonyl (C=O) groups is 2. The van der Waals surface area contributed by atoms with E-state index in [-0.39, 0.29) is 29.9 Å². The molecule has 1 aliphatic rings. The highest BCUT2D eigenvalue weighted by molar-refractivity contribution is 6.04. The molecule has 0 amide bonds. The van der Waals surface area contributed by atoms with E-state index < -0.39 is 11.9 Å². The topological polar surface area (TPSA) is 126 Å². The van der Waals surface area contributed by atoms with E-state index in [1.807, 2.05) is 19.2 Å². The van der Waals surface area contributed by atoms with E-state index in [1.54, 1.807) is 25.1 Å². The van der Waals surface area contributed by atoms with Crippen molar-refractivity contribution in [1.82, 2.24) is 4.98 Å². The largest absolute Gasteiger partial charge is 0.478 e. The van der Waals surface area contributed by atoms with E-state index in [1.165, 1.54) is 18.6 Å². The van der Waals surface area contributed by atoms with Gasteiger partial charge in [0.25, 0.3) is 0 Å². The summed E-state index contributed by atoms with van der Waals surface area (Å²) in [6.07, 6.45) is 5.33. The molecule has 1 aromatic carbocycles. The predicted molar refractivity (Wildman–Crippen MR) is 124 cm³/mol. The van der Waals surface area contributed by atoms with Gasteiger partial charge in [0.05, 0.1) is 24.3 Å². The third-order valence-corrected chi connectivity index (χ3v) is 5.60. The minimum atomic E-state index is -1.02. The molecule has 0 aliphatic heterocycles. The van der Waals surface area contributed by atoms with E-state index in [0.29, 0.717) is 28.6 Å². The third-order valence-electron chi connectivity index (χ3n) is 5.60. The summed E-state index contributed by atoms with van der Waals surface area (Å²) in [5, 5.41) is 20.0. The number of esters is 1. The molecule has 2 aromatic rings. The molecule has 0 spiro atoms.